The van der Waals surface area contributed by atoms with E-state index >= 15 is 0 Å². The number of esters is 1. The minimum absolute atomic E-state index is 0.180. The van der Waals surface area contributed by atoms with Crippen molar-refractivity contribution in [1.29, 1.82) is 0 Å². The van der Waals surface area contributed by atoms with Crippen LogP contribution in [0.1, 0.15) is 26.3 Å². The van der Waals surface area contributed by atoms with Gasteiger partial charge in [-0.2, -0.15) is 0 Å². The maximum atomic E-state index is 12.6. The molecule has 3 aromatic carbocycles. The Labute approximate surface area is 185 Å². The second-order valence-electron chi connectivity index (χ2n) is 6.81. The predicted octanol–water partition coefficient (Wildman–Crippen LogP) is 5.10. The van der Waals surface area contributed by atoms with Crippen molar-refractivity contribution in [3.8, 4) is 23.0 Å². The number of rotatable bonds is 6. The molecule has 0 aromatic heterocycles. The molecule has 1 aliphatic rings. The average Bonchev–Trinajstić information content (AvgIpc) is 3.14. The Balaban J connectivity index is 1.50. The third-order valence-electron chi connectivity index (χ3n) is 4.84. The van der Waals surface area contributed by atoms with Crippen LogP contribution in [0.2, 0.25) is 0 Å². The van der Waals surface area contributed by atoms with Gasteiger partial charge in [-0.25, -0.2) is 4.79 Å². The molecule has 0 amide bonds. The number of carbonyl (C=O) groups is 2. The standard InChI is InChI=1S/C26H20O6/c1-29-21-11-5-3-8-17(21)9-7-13-23-25(27)19-15-14-18(16-24(19)32-23)31-26(28)20-10-4-6-12-22(20)30-2/h3-16H,1-2H3/b9-7+,23-13-. The summed E-state index contributed by atoms with van der Waals surface area (Å²) in [5.41, 5.74) is 1.58. The topological polar surface area (TPSA) is 71.1 Å². The van der Waals surface area contributed by atoms with Crippen molar-refractivity contribution in [1.82, 2.24) is 0 Å². The fourth-order valence-electron chi connectivity index (χ4n) is 3.26. The second-order valence-corrected chi connectivity index (χ2v) is 6.81. The summed E-state index contributed by atoms with van der Waals surface area (Å²) in [6.07, 6.45) is 5.14. The Hall–Kier alpha value is -4.32. The highest BCUT2D eigenvalue weighted by molar-refractivity contribution is 6.12. The molecule has 0 N–H and O–H groups in total. The Bertz CT molecular complexity index is 1240. The predicted molar refractivity (Wildman–Crippen MR) is 119 cm³/mol. The summed E-state index contributed by atoms with van der Waals surface area (Å²) in [6.45, 7) is 0. The summed E-state index contributed by atoms with van der Waals surface area (Å²) < 4.78 is 21.7. The summed E-state index contributed by atoms with van der Waals surface area (Å²) >= 11 is 0. The molecule has 0 atom stereocenters. The van der Waals surface area contributed by atoms with E-state index in [-0.39, 0.29) is 17.3 Å². The van der Waals surface area contributed by atoms with Crippen molar-refractivity contribution in [3.05, 3.63) is 101 Å². The van der Waals surface area contributed by atoms with Gasteiger partial charge in [0.25, 0.3) is 0 Å². The molecular formula is C26H20O6. The normalized spacial score (nSPS) is 13.7. The number of carbonyl (C=O) groups excluding carboxylic acids is 2. The molecule has 1 heterocycles. The van der Waals surface area contributed by atoms with Gasteiger partial charge >= 0.3 is 5.97 Å². The lowest BCUT2D eigenvalue weighted by Crippen LogP contribution is -2.10. The number of methoxy groups -OCH3 is 2. The van der Waals surface area contributed by atoms with E-state index in [0.29, 0.717) is 22.6 Å². The van der Waals surface area contributed by atoms with E-state index in [1.807, 2.05) is 30.3 Å². The zero-order chi connectivity index (χ0) is 22.5. The highest BCUT2D eigenvalue weighted by Crippen LogP contribution is 2.34. The van der Waals surface area contributed by atoms with Crippen LogP contribution in [0, 0.1) is 0 Å². The monoisotopic (exact) mass is 428 g/mol. The van der Waals surface area contributed by atoms with Crippen molar-refractivity contribution < 1.29 is 28.5 Å². The van der Waals surface area contributed by atoms with E-state index in [1.165, 1.54) is 13.2 Å². The Morgan fingerprint density at radius 3 is 2.41 bits per heavy atom. The molecule has 6 heteroatoms. The molecule has 6 nitrogen and oxygen atoms in total. The maximum Gasteiger partial charge on any atom is 0.347 e. The summed E-state index contributed by atoms with van der Waals surface area (Å²) in [4.78, 5) is 25.1. The molecule has 160 valence electrons. The van der Waals surface area contributed by atoms with Crippen LogP contribution in [0.3, 0.4) is 0 Å². The first kappa shape index (κ1) is 20.9. The second kappa shape index (κ2) is 9.22. The highest BCUT2D eigenvalue weighted by atomic mass is 16.5. The van der Waals surface area contributed by atoms with Gasteiger partial charge in [0.05, 0.1) is 19.8 Å². The summed E-state index contributed by atoms with van der Waals surface area (Å²) in [7, 11) is 3.08. The van der Waals surface area contributed by atoms with Gasteiger partial charge in [-0.05, 0) is 36.4 Å². The Morgan fingerprint density at radius 1 is 0.906 bits per heavy atom. The fourth-order valence-corrected chi connectivity index (χ4v) is 3.26. The summed E-state index contributed by atoms with van der Waals surface area (Å²) in [5.74, 6) is 1.10. The van der Waals surface area contributed by atoms with Crippen LogP contribution in [0.25, 0.3) is 6.08 Å². The van der Waals surface area contributed by atoms with Crippen LogP contribution in [0.15, 0.2) is 84.6 Å². The fraction of sp³-hybridized carbons (Fsp3) is 0.0769. The van der Waals surface area contributed by atoms with E-state index in [0.717, 1.165) is 11.3 Å². The molecule has 1 aliphatic heterocycles. The zero-order valence-electron chi connectivity index (χ0n) is 17.5. The lowest BCUT2D eigenvalue weighted by Gasteiger charge is -2.08. The third kappa shape index (κ3) is 4.25. The van der Waals surface area contributed by atoms with E-state index in [4.69, 9.17) is 18.9 Å². The molecule has 32 heavy (non-hydrogen) atoms. The highest BCUT2D eigenvalue weighted by Gasteiger charge is 2.27. The van der Waals surface area contributed by atoms with Crippen molar-refractivity contribution in [2.24, 2.45) is 0 Å². The number of ether oxygens (including phenoxy) is 4. The van der Waals surface area contributed by atoms with Gasteiger partial charge < -0.3 is 18.9 Å². The van der Waals surface area contributed by atoms with E-state index in [1.54, 1.807) is 55.7 Å². The van der Waals surface area contributed by atoms with Crippen LogP contribution >= 0.6 is 0 Å². The molecule has 0 saturated heterocycles. The van der Waals surface area contributed by atoms with E-state index < -0.39 is 5.97 Å². The zero-order valence-corrected chi connectivity index (χ0v) is 17.5. The molecule has 4 rings (SSSR count). The van der Waals surface area contributed by atoms with Gasteiger partial charge in [0.2, 0.25) is 5.78 Å². The molecule has 3 aromatic rings. The lowest BCUT2D eigenvalue weighted by atomic mass is 10.1. The number of ketones is 1. The number of para-hydroxylation sites is 2. The first-order valence-electron chi connectivity index (χ1n) is 9.84. The summed E-state index contributed by atoms with van der Waals surface area (Å²) in [5, 5.41) is 0. The van der Waals surface area contributed by atoms with Gasteiger partial charge in [0.15, 0.2) is 5.76 Å². The van der Waals surface area contributed by atoms with Gasteiger partial charge in [-0.3, -0.25) is 4.79 Å². The molecule has 0 fully saturated rings. The van der Waals surface area contributed by atoms with Crippen molar-refractivity contribution >= 4 is 17.8 Å². The van der Waals surface area contributed by atoms with Crippen LogP contribution < -0.4 is 18.9 Å². The van der Waals surface area contributed by atoms with Gasteiger partial charge in [0.1, 0.15) is 28.6 Å². The number of benzene rings is 3. The van der Waals surface area contributed by atoms with E-state index in [2.05, 4.69) is 0 Å². The van der Waals surface area contributed by atoms with Gasteiger partial charge in [0, 0.05) is 11.6 Å². The third-order valence-corrected chi connectivity index (χ3v) is 4.84. The number of fused-ring (bicyclic) bond motifs is 1. The van der Waals surface area contributed by atoms with Crippen molar-refractivity contribution in [2.45, 2.75) is 0 Å². The van der Waals surface area contributed by atoms with Crippen molar-refractivity contribution in [2.75, 3.05) is 14.2 Å². The minimum Gasteiger partial charge on any atom is -0.496 e. The average molecular weight is 428 g/mol. The van der Waals surface area contributed by atoms with Crippen LogP contribution in [-0.2, 0) is 0 Å². The van der Waals surface area contributed by atoms with Crippen molar-refractivity contribution in [3.63, 3.8) is 0 Å². The Morgan fingerprint density at radius 2 is 1.62 bits per heavy atom. The van der Waals surface area contributed by atoms with Crippen LogP contribution in [0.5, 0.6) is 23.0 Å². The summed E-state index contributed by atoms with van der Waals surface area (Å²) in [6, 6.07) is 19.0. The maximum absolute atomic E-state index is 12.6. The lowest BCUT2D eigenvalue weighted by molar-refractivity contribution is 0.0731. The molecule has 0 spiro atoms. The minimum atomic E-state index is -0.567. The van der Waals surface area contributed by atoms with E-state index in [9.17, 15) is 9.59 Å². The molecular weight excluding hydrogens is 408 g/mol. The number of hydrogen-bond donors (Lipinski definition) is 0. The molecule has 0 unspecified atom stereocenters. The number of hydrogen-bond acceptors (Lipinski definition) is 6. The molecule has 0 radical (unpaired) electrons. The van der Waals surface area contributed by atoms with Gasteiger partial charge in [-0.15, -0.1) is 0 Å². The Kier molecular flexibility index (Phi) is 6.03. The smallest absolute Gasteiger partial charge is 0.347 e. The van der Waals surface area contributed by atoms with Crippen LogP contribution in [0.4, 0.5) is 0 Å². The number of Topliss-reactive ketones (excluding diaryl/α,β-unsaturated/α-hetero) is 1. The van der Waals surface area contributed by atoms with Gasteiger partial charge in [-0.1, -0.05) is 42.5 Å². The first-order chi connectivity index (χ1) is 15.6. The SMILES string of the molecule is COc1ccccc1/C=C/C=C1\Oc2cc(OC(=O)c3ccccc3OC)ccc2C1=O. The number of allylic oxidation sites excluding steroid dienone is 3. The molecule has 0 aliphatic carbocycles. The first-order valence-corrected chi connectivity index (χ1v) is 9.84. The quantitative estimate of drug-likeness (QED) is 0.309. The largest absolute Gasteiger partial charge is 0.496 e. The molecule has 0 bridgehead atoms. The molecule has 0 saturated carbocycles. The van der Waals surface area contributed by atoms with Crippen LogP contribution in [-0.4, -0.2) is 26.0 Å².